The van der Waals surface area contributed by atoms with Crippen molar-refractivity contribution in [2.75, 3.05) is 13.6 Å². The van der Waals surface area contributed by atoms with Gasteiger partial charge in [0.05, 0.1) is 6.54 Å². The number of pyridine rings is 1. The molecule has 26 heavy (non-hydrogen) atoms. The lowest BCUT2D eigenvalue weighted by molar-refractivity contribution is 0.0381. The molecule has 0 bridgehead atoms. The first-order chi connectivity index (χ1) is 12.5. The van der Waals surface area contributed by atoms with Crippen LogP contribution >= 0.6 is 0 Å². The highest BCUT2D eigenvalue weighted by Gasteiger charge is 2.29. The molecular formula is C21H24FN3O. The summed E-state index contributed by atoms with van der Waals surface area (Å²) >= 11 is 0. The lowest BCUT2D eigenvalue weighted by Crippen LogP contribution is -2.31. The van der Waals surface area contributed by atoms with E-state index in [-0.39, 0.29) is 0 Å². The number of alkyl halides is 1. The number of hydrogen-bond donors (Lipinski definition) is 1. The summed E-state index contributed by atoms with van der Waals surface area (Å²) in [4.78, 5) is 6.43. The van der Waals surface area contributed by atoms with E-state index in [1.807, 2.05) is 37.3 Å². The van der Waals surface area contributed by atoms with Crippen molar-refractivity contribution in [3.63, 3.8) is 0 Å². The first-order valence-electron chi connectivity index (χ1n) is 9.00. The van der Waals surface area contributed by atoms with Crippen molar-refractivity contribution < 1.29 is 9.50 Å². The van der Waals surface area contributed by atoms with E-state index in [1.54, 1.807) is 12.4 Å². The van der Waals surface area contributed by atoms with E-state index in [2.05, 4.69) is 21.5 Å². The van der Waals surface area contributed by atoms with Gasteiger partial charge >= 0.3 is 0 Å². The molecule has 2 aromatic heterocycles. The van der Waals surface area contributed by atoms with E-state index >= 15 is 0 Å². The fraction of sp³-hybridized carbons (Fsp3) is 0.381. The number of nitrogens with zero attached hydrogens (tertiary/aromatic N) is 3. The molecule has 0 aliphatic carbocycles. The average molecular weight is 353 g/mol. The molecule has 1 aromatic carbocycles. The number of benzene rings is 1. The van der Waals surface area contributed by atoms with Crippen molar-refractivity contribution in [2.45, 2.75) is 38.7 Å². The van der Waals surface area contributed by atoms with Crippen LogP contribution in [0.25, 0.3) is 10.9 Å². The molecule has 1 unspecified atom stereocenters. The molecule has 0 saturated carbocycles. The van der Waals surface area contributed by atoms with Gasteiger partial charge in [0.1, 0.15) is 12.3 Å². The van der Waals surface area contributed by atoms with Gasteiger partial charge in [0.2, 0.25) is 0 Å². The van der Waals surface area contributed by atoms with E-state index < -0.39 is 12.3 Å². The molecule has 1 aliphatic rings. The molecule has 136 valence electrons. The van der Waals surface area contributed by atoms with Gasteiger partial charge in [-0.3, -0.25) is 4.98 Å². The summed E-state index contributed by atoms with van der Waals surface area (Å²) in [5.41, 5.74) is 4.03. The quantitative estimate of drug-likeness (QED) is 0.782. The summed E-state index contributed by atoms with van der Waals surface area (Å²) in [6, 6.07) is 9.53. The zero-order chi connectivity index (χ0) is 18.3. The Morgan fingerprint density at radius 2 is 2.15 bits per heavy atom. The molecule has 4 nitrogen and oxygen atoms in total. The Labute approximate surface area is 152 Å². The maximum absolute atomic E-state index is 13.2. The second-order valence-corrected chi connectivity index (χ2v) is 7.50. The van der Waals surface area contributed by atoms with Crippen LogP contribution < -0.4 is 0 Å². The summed E-state index contributed by atoms with van der Waals surface area (Å²) in [5.74, 6) is 0. The van der Waals surface area contributed by atoms with Gasteiger partial charge in [0.25, 0.3) is 0 Å². The SMILES string of the molecule is CN1CCc2c(c3cc(CF)ccc3n2CC(C)(O)c2cccnc2)C1. The number of rotatable bonds is 4. The highest BCUT2D eigenvalue weighted by Crippen LogP contribution is 2.34. The third kappa shape index (κ3) is 2.91. The third-order valence-electron chi connectivity index (χ3n) is 5.41. The normalized spacial score (nSPS) is 17.2. The van der Waals surface area contributed by atoms with Gasteiger partial charge in [-0.05, 0) is 43.3 Å². The van der Waals surface area contributed by atoms with Gasteiger partial charge in [-0.15, -0.1) is 0 Å². The van der Waals surface area contributed by atoms with Crippen LogP contribution in [0.1, 0.15) is 29.3 Å². The van der Waals surface area contributed by atoms with Crippen molar-refractivity contribution in [2.24, 2.45) is 0 Å². The van der Waals surface area contributed by atoms with Crippen LogP contribution in [0.3, 0.4) is 0 Å². The van der Waals surface area contributed by atoms with Crippen LogP contribution in [0.15, 0.2) is 42.7 Å². The van der Waals surface area contributed by atoms with Crippen molar-refractivity contribution in [1.82, 2.24) is 14.5 Å². The van der Waals surface area contributed by atoms with Crippen molar-refractivity contribution in [3.05, 3.63) is 65.1 Å². The highest BCUT2D eigenvalue weighted by atomic mass is 19.1. The second kappa shape index (κ2) is 6.49. The van der Waals surface area contributed by atoms with Crippen LogP contribution in [0.5, 0.6) is 0 Å². The minimum absolute atomic E-state index is 0.448. The van der Waals surface area contributed by atoms with E-state index in [9.17, 15) is 9.50 Å². The number of aromatic nitrogens is 2. The van der Waals surface area contributed by atoms with E-state index in [1.165, 1.54) is 11.3 Å². The second-order valence-electron chi connectivity index (χ2n) is 7.50. The predicted molar refractivity (Wildman–Crippen MR) is 101 cm³/mol. The number of likely N-dealkylation sites (N-methyl/N-ethyl adjacent to an activating group) is 1. The molecule has 0 saturated heterocycles. The zero-order valence-corrected chi connectivity index (χ0v) is 15.2. The van der Waals surface area contributed by atoms with E-state index in [0.29, 0.717) is 12.1 Å². The van der Waals surface area contributed by atoms with Crippen molar-refractivity contribution >= 4 is 10.9 Å². The first kappa shape index (κ1) is 17.2. The monoisotopic (exact) mass is 353 g/mol. The molecule has 1 N–H and O–H groups in total. The molecular weight excluding hydrogens is 329 g/mol. The number of halogens is 1. The number of fused-ring (bicyclic) bond motifs is 3. The van der Waals surface area contributed by atoms with Crippen LogP contribution in [0.2, 0.25) is 0 Å². The first-order valence-corrected chi connectivity index (χ1v) is 9.00. The van der Waals surface area contributed by atoms with Crippen LogP contribution in [0, 0.1) is 0 Å². The van der Waals surface area contributed by atoms with Crippen LogP contribution in [-0.4, -0.2) is 33.1 Å². The smallest absolute Gasteiger partial charge is 0.115 e. The molecule has 1 aliphatic heterocycles. The standard InChI is InChI=1S/C21H24FN3O/c1-21(26,16-4-3-8-23-12-16)14-25-19-6-5-15(11-22)10-17(19)18-13-24(2)9-7-20(18)25/h3-6,8,10,12,26H,7,9,11,13-14H2,1-2H3. The summed E-state index contributed by atoms with van der Waals surface area (Å²) < 4.78 is 15.4. The summed E-state index contributed by atoms with van der Waals surface area (Å²) in [6.45, 7) is 3.65. The Kier molecular flexibility index (Phi) is 4.29. The lowest BCUT2D eigenvalue weighted by Gasteiger charge is -2.28. The topological polar surface area (TPSA) is 41.3 Å². The fourth-order valence-corrected chi connectivity index (χ4v) is 3.98. The Bertz CT molecular complexity index is 933. The fourth-order valence-electron chi connectivity index (χ4n) is 3.98. The van der Waals surface area contributed by atoms with Gasteiger partial charge < -0.3 is 14.6 Å². The molecule has 0 amide bonds. The van der Waals surface area contributed by atoms with Gasteiger partial charge in [0, 0.05) is 54.1 Å². The highest BCUT2D eigenvalue weighted by molar-refractivity contribution is 5.86. The lowest BCUT2D eigenvalue weighted by atomic mass is 9.97. The molecule has 0 radical (unpaired) electrons. The van der Waals surface area contributed by atoms with E-state index in [4.69, 9.17) is 0 Å². The minimum atomic E-state index is -1.03. The third-order valence-corrected chi connectivity index (χ3v) is 5.41. The largest absolute Gasteiger partial charge is 0.384 e. The van der Waals surface area contributed by atoms with Gasteiger partial charge in [-0.25, -0.2) is 4.39 Å². The number of aliphatic hydroxyl groups is 1. The predicted octanol–water partition coefficient (Wildman–Crippen LogP) is 3.40. The minimum Gasteiger partial charge on any atom is -0.384 e. The summed E-state index contributed by atoms with van der Waals surface area (Å²) in [6.07, 6.45) is 4.35. The molecule has 1 atom stereocenters. The zero-order valence-electron chi connectivity index (χ0n) is 15.2. The Hall–Kier alpha value is -2.24. The molecule has 3 heterocycles. The number of hydrogen-bond acceptors (Lipinski definition) is 3. The molecule has 5 heteroatoms. The molecule has 4 rings (SSSR count). The Morgan fingerprint density at radius 1 is 1.31 bits per heavy atom. The Balaban J connectivity index is 1.84. The Morgan fingerprint density at radius 3 is 2.88 bits per heavy atom. The summed E-state index contributed by atoms with van der Waals surface area (Å²) in [5, 5.41) is 12.2. The maximum atomic E-state index is 13.2. The van der Waals surface area contributed by atoms with Crippen molar-refractivity contribution in [1.29, 1.82) is 0 Å². The molecule has 3 aromatic rings. The summed E-state index contributed by atoms with van der Waals surface area (Å²) in [7, 11) is 2.11. The van der Waals surface area contributed by atoms with Crippen LogP contribution in [0.4, 0.5) is 4.39 Å². The van der Waals surface area contributed by atoms with Gasteiger partial charge in [-0.1, -0.05) is 12.1 Å². The van der Waals surface area contributed by atoms with E-state index in [0.717, 1.165) is 36.0 Å². The molecule has 0 spiro atoms. The average Bonchev–Trinajstić information content (AvgIpc) is 2.94. The maximum Gasteiger partial charge on any atom is 0.115 e. The molecule has 0 fully saturated rings. The van der Waals surface area contributed by atoms with Crippen molar-refractivity contribution in [3.8, 4) is 0 Å². The van der Waals surface area contributed by atoms with Gasteiger partial charge in [-0.2, -0.15) is 0 Å². The van der Waals surface area contributed by atoms with Crippen LogP contribution in [-0.2, 0) is 31.8 Å². The van der Waals surface area contributed by atoms with Gasteiger partial charge in [0.15, 0.2) is 0 Å².